The third-order valence-corrected chi connectivity index (χ3v) is 3.96. The highest BCUT2D eigenvalue weighted by Crippen LogP contribution is 2.18. The molecule has 0 spiro atoms. The Bertz CT molecular complexity index is 493. The second-order valence-corrected chi connectivity index (χ2v) is 5.59. The molecule has 1 N–H and O–H groups in total. The summed E-state index contributed by atoms with van der Waals surface area (Å²) in [5.41, 5.74) is 1.05. The SMILES string of the molecule is C=CC[NH+]1CCN(C(=O)[C@@H](C)Oc2ccccc2C)CC1. The van der Waals surface area contributed by atoms with Gasteiger partial charge < -0.3 is 14.5 Å². The van der Waals surface area contributed by atoms with Gasteiger partial charge >= 0.3 is 0 Å². The van der Waals surface area contributed by atoms with Crippen LogP contribution < -0.4 is 9.64 Å². The number of quaternary nitrogens is 1. The van der Waals surface area contributed by atoms with Crippen molar-refractivity contribution in [3.8, 4) is 5.75 Å². The van der Waals surface area contributed by atoms with E-state index >= 15 is 0 Å². The fourth-order valence-corrected chi connectivity index (χ4v) is 2.64. The third kappa shape index (κ3) is 4.08. The quantitative estimate of drug-likeness (QED) is 0.809. The molecular weight excluding hydrogens is 264 g/mol. The Morgan fingerprint density at radius 2 is 2.10 bits per heavy atom. The minimum Gasteiger partial charge on any atom is -0.481 e. The second-order valence-electron chi connectivity index (χ2n) is 5.59. The van der Waals surface area contributed by atoms with E-state index in [0.29, 0.717) is 0 Å². The van der Waals surface area contributed by atoms with Crippen molar-refractivity contribution >= 4 is 5.91 Å². The molecule has 1 aliphatic heterocycles. The van der Waals surface area contributed by atoms with Gasteiger partial charge in [-0.1, -0.05) is 24.8 Å². The molecule has 0 radical (unpaired) electrons. The lowest BCUT2D eigenvalue weighted by molar-refractivity contribution is -0.898. The van der Waals surface area contributed by atoms with Gasteiger partial charge in [-0.05, 0) is 31.6 Å². The maximum absolute atomic E-state index is 12.4. The summed E-state index contributed by atoms with van der Waals surface area (Å²) < 4.78 is 5.82. The number of carbonyl (C=O) groups is 1. The molecule has 0 unspecified atom stereocenters. The van der Waals surface area contributed by atoms with Crippen molar-refractivity contribution < 1.29 is 14.4 Å². The molecule has 1 aromatic carbocycles. The Morgan fingerprint density at radius 1 is 1.43 bits per heavy atom. The summed E-state index contributed by atoms with van der Waals surface area (Å²) in [6, 6.07) is 7.79. The molecule has 0 bridgehead atoms. The molecule has 1 fully saturated rings. The Morgan fingerprint density at radius 3 is 2.71 bits per heavy atom. The van der Waals surface area contributed by atoms with Crippen molar-refractivity contribution in [2.24, 2.45) is 0 Å². The van der Waals surface area contributed by atoms with E-state index in [1.807, 2.05) is 49.1 Å². The van der Waals surface area contributed by atoms with Crippen molar-refractivity contribution in [1.82, 2.24) is 4.90 Å². The van der Waals surface area contributed by atoms with Crippen molar-refractivity contribution in [2.75, 3.05) is 32.7 Å². The molecule has 0 aromatic heterocycles. The fraction of sp³-hybridized carbons (Fsp3) is 0.471. The van der Waals surface area contributed by atoms with Gasteiger partial charge in [-0.3, -0.25) is 4.79 Å². The number of ether oxygens (including phenoxy) is 1. The number of para-hydroxylation sites is 1. The molecule has 114 valence electrons. The van der Waals surface area contributed by atoms with Gasteiger partial charge in [0.15, 0.2) is 6.10 Å². The van der Waals surface area contributed by atoms with Crippen LogP contribution >= 0.6 is 0 Å². The van der Waals surface area contributed by atoms with Gasteiger partial charge in [-0.25, -0.2) is 0 Å². The number of carbonyl (C=O) groups excluding carboxylic acids is 1. The van der Waals surface area contributed by atoms with Crippen molar-refractivity contribution in [2.45, 2.75) is 20.0 Å². The Kier molecular flexibility index (Phi) is 5.39. The van der Waals surface area contributed by atoms with Crippen LogP contribution in [-0.4, -0.2) is 49.6 Å². The largest absolute Gasteiger partial charge is 0.481 e. The van der Waals surface area contributed by atoms with Gasteiger partial charge in [0.05, 0.1) is 32.7 Å². The number of benzene rings is 1. The highest BCUT2D eigenvalue weighted by molar-refractivity contribution is 5.81. The van der Waals surface area contributed by atoms with Crippen LogP contribution in [0.1, 0.15) is 12.5 Å². The first-order chi connectivity index (χ1) is 10.1. The van der Waals surface area contributed by atoms with Crippen molar-refractivity contribution in [1.29, 1.82) is 0 Å². The van der Waals surface area contributed by atoms with Crippen LogP contribution in [0.15, 0.2) is 36.9 Å². The van der Waals surface area contributed by atoms with E-state index in [1.165, 1.54) is 4.90 Å². The van der Waals surface area contributed by atoms with Crippen LogP contribution in [0.3, 0.4) is 0 Å². The molecule has 1 heterocycles. The van der Waals surface area contributed by atoms with E-state index in [4.69, 9.17) is 4.74 Å². The molecule has 2 rings (SSSR count). The molecule has 1 aliphatic rings. The minimum absolute atomic E-state index is 0.0795. The molecule has 4 nitrogen and oxygen atoms in total. The smallest absolute Gasteiger partial charge is 0.263 e. The van der Waals surface area contributed by atoms with Crippen LogP contribution in [0, 0.1) is 6.92 Å². The van der Waals surface area contributed by atoms with Gasteiger partial charge in [-0.15, -0.1) is 0 Å². The summed E-state index contributed by atoms with van der Waals surface area (Å²) >= 11 is 0. The lowest BCUT2D eigenvalue weighted by atomic mass is 10.2. The number of aryl methyl sites for hydroxylation is 1. The van der Waals surface area contributed by atoms with Crippen molar-refractivity contribution in [3.05, 3.63) is 42.5 Å². The predicted octanol–water partition coefficient (Wildman–Crippen LogP) is 0.675. The van der Waals surface area contributed by atoms with E-state index < -0.39 is 6.10 Å². The first-order valence-electron chi connectivity index (χ1n) is 7.57. The molecule has 1 amide bonds. The molecule has 1 aromatic rings. The Balaban J connectivity index is 1.88. The topological polar surface area (TPSA) is 34.0 Å². The molecule has 1 atom stereocenters. The molecule has 0 aliphatic carbocycles. The minimum atomic E-state index is -0.438. The summed E-state index contributed by atoms with van der Waals surface area (Å²) in [7, 11) is 0. The fourth-order valence-electron chi connectivity index (χ4n) is 2.64. The summed E-state index contributed by atoms with van der Waals surface area (Å²) in [5.74, 6) is 0.866. The zero-order valence-electron chi connectivity index (χ0n) is 13.0. The Labute approximate surface area is 127 Å². The average Bonchev–Trinajstić information content (AvgIpc) is 2.50. The van der Waals surface area contributed by atoms with Crippen LogP contribution in [0.4, 0.5) is 0 Å². The first-order valence-corrected chi connectivity index (χ1v) is 7.57. The van der Waals surface area contributed by atoms with Crippen LogP contribution in [0.5, 0.6) is 5.75 Å². The number of hydrogen-bond acceptors (Lipinski definition) is 2. The van der Waals surface area contributed by atoms with E-state index in [2.05, 4.69) is 6.58 Å². The lowest BCUT2D eigenvalue weighted by Gasteiger charge is -2.33. The van der Waals surface area contributed by atoms with Crippen LogP contribution in [0.2, 0.25) is 0 Å². The third-order valence-electron chi connectivity index (χ3n) is 3.96. The van der Waals surface area contributed by atoms with E-state index in [1.54, 1.807) is 0 Å². The van der Waals surface area contributed by atoms with E-state index in [-0.39, 0.29) is 5.91 Å². The molecular formula is C17H25N2O2+. The lowest BCUT2D eigenvalue weighted by Crippen LogP contribution is -3.14. The van der Waals surface area contributed by atoms with Gasteiger partial charge in [0, 0.05) is 0 Å². The second kappa shape index (κ2) is 7.27. The molecule has 1 saturated heterocycles. The molecule has 21 heavy (non-hydrogen) atoms. The van der Waals surface area contributed by atoms with E-state index in [0.717, 1.165) is 44.0 Å². The summed E-state index contributed by atoms with van der Waals surface area (Å²) in [6.45, 7) is 12.1. The zero-order chi connectivity index (χ0) is 15.2. The maximum Gasteiger partial charge on any atom is 0.263 e. The zero-order valence-corrected chi connectivity index (χ0v) is 13.0. The normalized spacial score (nSPS) is 17.3. The summed E-state index contributed by atoms with van der Waals surface area (Å²) in [4.78, 5) is 15.8. The first kappa shape index (κ1) is 15.6. The van der Waals surface area contributed by atoms with Gasteiger partial charge in [0.25, 0.3) is 5.91 Å². The number of piperazine rings is 1. The predicted molar refractivity (Wildman–Crippen MR) is 83.6 cm³/mol. The van der Waals surface area contributed by atoms with Gasteiger partial charge in [0.2, 0.25) is 0 Å². The Hall–Kier alpha value is -1.81. The van der Waals surface area contributed by atoms with Crippen LogP contribution in [-0.2, 0) is 4.79 Å². The highest BCUT2D eigenvalue weighted by Gasteiger charge is 2.27. The highest BCUT2D eigenvalue weighted by atomic mass is 16.5. The molecule has 0 saturated carbocycles. The number of hydrogen-bond donors (Lipinski definition) is 1. The summed E-state index contributed by atoms with van der Waals surface area (Å²) in [5, 5.41) is 0. The number of rotatable bonds is 5. The van der Waals surface area contributed by atoms with Gasteiger partial charge in [-0.2, -0.15) is 0 Å². The molecule has 4 heteroatoms. The van der Waals surface area contributed by atoms with E-state index in [9.17, 15) is 4.79 Å². The number of nitrogens with zero attached hydrogens (tertiary/aromatic N) is 1. The van der Waals surface area contributed by atoms with Crippen LogP contribution in [0.25, 0.3) is 0 Å². The van der Waals surface area contributed by atoms with Crippen molar-refractivity contribution in [3.63, 3.8) is 0 Å². The maximum atomic E-state index is 12.4. The van der Waals surface area contributed by atoms with Gasteiger partial charge in [0.1, 0.15) is 5.75 Å². The number of nitrogens with one attached hydrogen (secondary N) is 1. The number of amides is 1. The average molecular weight is 289 g/mol. The summed E-state index contributed by atoms with van der Waals surface area (Å²) in [6.07, 6.45) is 1.50. The monoisotopic (exact) mass is 289 g/mol. The standard InChI is InChI=1S/C17H24N2O2/c1-4-9-18-10-12-19(13-11-18)17(20)15(3)21-16-8-6-5-7-14(16)2/h4-8,15H,1,9-13H2,2-3H3/p+1/t15-/m1/s1.